The molecule has 0 N–H and O–H groups in total. The first-order valence-corrected chi connectivity index (χ1v) is 15.1. The molecule has 9 aromatic rings. The van der Waals surface area contributed by atoms with Gasteiger partial charge in [0.15, 0.2) is 0 Å². The zero-order valence-corrected chi connectivity index (χ0v) is 23.8. The van der Waals surface area contributed by atoms with Gasteiger partial charge in [-0.1, -0.05) is 103 Å². The highest BCUT2D eigenvalue weighted by atomic mass is 15.1. The Morgan fingerprint density at radius 3 is 1.93 bits per heavy atom. The third kappa shape index (κ3) is 3.13. The second kappa shape index (κ2) is 8.79. The maximum Gasteiger partial charge on any atom is 0.145 e. The van der Waals surface area contributed by atoms with Gasteiger partial charge >= 0.3 is 0 Å². The number of rotatable bonds is 3. The molecule has 0 saturated heterocycles. The van der Waals surface area contributed by atoms with Crippen LogP contribution in [-0.2, 0) is 0 Å². The SMILES string of the molecule is c1ccc(-n2c(-c3cccc(-n4c5ccccc5c5c6cccc7c6c(cc54)-c4ccccc4-7)c3)nc3ccccc32)cc1. The van der Waals surface area contributed by atoms with Crippen LogP contribution in [0.3, 0.4) is 0 Å². The van der Waals surface area contributed by atoms with Crippen molar-refractivity contribution < 1.29 is 0 Å². The second-order valence-electron chi connectivity index (χ2n) is 11.6. The van der Waals surface area contributed by atoms with E-state index in [1.807, 2.05) is 0 Å². The fourth-order valence-electron chi connectivity index (χ4n) is 7.45. The van der Waals surface area contributed by atoms with Gasteiger partial charge in [0, 0.05) is 27.7 Å². The second-order valence-corrected chi connectivity index (χ2v) is 11.6. The Morgan fingerprint density at radius 1 is 0.386 bits per heavy atom. The van der Waals surface area contributed by atoms with Crippen LogP contribution in [0.5, 0.6) is 0 Å². The predicted molar refractivity (Wildman–Crippen MR) is 183 cm³/mol. The average molecular weight is 560 g/mol. The first-order chi connectivity index (χ1) is 21.8. The van der Waals surface area contributed by atoms with Crippen LogP contribution in [-0.4, -0.2) is 14.1 Å². The Morgan fingerprint density at radius 2 is 1.05 bits per heavy atom. The zero-order chi connectivity index (χ0) is 28.8. The highest BCUT2D eigenvalue weighted by Crippen LogP contribution is 2.51. The summed E-state index contributed by atoms with van der Waals surface area (Å²) in [6.45, 7) is 0. The first kappa shape index (κ1) is 23.6. The molecule has 0 atom stereocenters. The number of benzene rings is 7. The lowest BCUT2D eigenvalue weighted by molar-refractivity contribution is 1.10. The van der Waals surface area contributed by atoms with Crippen molar-refractivity contribution in [1.29, 1.82) is 0 Å². The van der Waals surface area contributed by atoms with Crippen molar-refractivity contribution in [3.63, 3.8) is 0 Å². The molecule has 0 saturated carbocycles. The summed E-state index contributed by atoms with van der Waals surface area (Å²) in [4.78, 5) is 5.16. The number of fused-ring (bicyclic) bond motifs is 8. The molecule has 0 radical (unpaired) electrons. The van der Waals surface area contributed by atoms with Gasteiger partial charge in [-0.2, -0.15) is 0 Å². The molecule has 0 amide bonds. The van der Waals surface area contributed by atoms with Gasteiger partial charge in [-0.3, -0.25) is 4.57 Å². The predicted octanol–water partition coefficient (Wildman–Crippen LogP) is 10.6. The summed E-state index contributed by atoms with van der Waals surface area (Å²) in [5.41, 5.74) is 13.1. The first-order valence-electron chi connectivity index (χ1n) is 15.1. The summed E-state index contributed by atoms with van der Waals surface area (Å²) in [6.07, 6.45) is 0. The minimum atomic E-state index is 0.933. The van der Waals surface area contributed by atoms with Gasteiger partial charge in [-0.05, 0) is 81.6 Å². The van der Waals surface area contributed by atoms with Crippen molar-refractivity contribution in [2.45, 2.75) is 0 Å². The van der Waals surface area contributed by atoms with Gasteiger partial charge in [0.1, 0.15) is 5.82 Å². The molecular formula is C41H25N3. The quantitative estimate of drug-likeness (QED) is 0.211. The molecule has 0 unspecified atom stereocenters. The normalized spacial score (nSPS) is 12.1. The van der Waals surface area contributed by atoms with E-state index in [4.69, 9.17) is 4.98 Å². The maximum absolute atomic E-state index is 5.16. The van der Waals surface area contributed by atoms with Gasteiger partial charge < -0.3 is 4.57 Å². The number of aromatic nitrogens is 3. The molecule has 0 spiro atoms. The van der Waals surface area contributed by atoms with Crippen LogP contribution in [0.25, 0.3) is 88.6 Å². The van der Waals surface area contributed by atoms with Crippen LogP contribution in [0, 0.1) is 0 Å². The van der Waals surface area contributed by atoms with E-state index in [2.05, 4.69) is 161 Å². The summed E-state index contributed by atoms with van der Waals surface area (Å²) >= 11 is 0. The minimum Gasteiger partial charge on any atom is -0.309 e. The Labute approximate surface area is 253 Å². The molecule has 3 heteroatoms. The summed E-state index contributed by atoms with van der Waals surface area (Å²) in [5, 5.41) is 5.23. The molecule has 0 bridgehead atoms. The van der Waals surface area contributed by atoms with E-state index < -0.39 is 0 Å². The van der Waals surface area contributed by atoms with Gasteiger partial charge in [-0.15, -0.1) is 0 Å². The minimum absolute atomic E-state index is 0.933. The van der Waals surface area contributed by atoms with E-state index in [1.54, 1.807) is 0 Å². The Kier molecular flexibility index (Phi) is 4.72. The Balaban J connectivity index is 1.28. The monoisotopic (exact) mass is 559 g/mol. The highest BCUT2D eigenvalue weighted by molar-refractivity contribution is 6.29. The third-order valence-electron chi connectivity index (χ3n) is 9.24. The summed E-state index contributed by atoms with van der Waals surface area (Å²) in [5.74, 6) is 0.933. The van der Waals surface area contributed by atoms with Crippen LogP contribution in [0.15, 0.2) is 152 Å². The number of para-hydroxylation sites is 4. The van der Waals surface area contributed by atoms with Crippen molar-refractivity contribution >= 4 is 43.6 Å². The lowest BCUT2D eigenvalue weighted by atomic mass is 9.98. The molecule has 44 heavy (non-hydrogen) atoms. The van der Waals surface area contributed by atoms with Crippen molar-refractivity contribution in [2.75, 3.05) is 0 Å². The molecule has 204 valence electrons. The van der Waals surface area contributed by atoms with Crippen molar-refractivity contribution in [3.05, 3.63) is 152 Å². The molecule has 7 aromatic carbocycles. The van der Waals surface area contributed by atoms with E-state index in [1.165, 1.54) is 54.8 Å². The Bertz CT molecular complexity index is 2600. The zero-order valence-electron chi connectivity index (χ0n) is 23.8. The number of hydrogen-bond donors (Lipinski definition) is 0. The topological polar surface area (TPSA) is 22.8 Å². The van der Waals surface area contributed by atoms with Gasteiger partial charge in [0.05, 0.1) is 22.1 Å². The van der Waals surface area contributed by atoms with Gasteiger partial charge in [0.2, 0.25) is 0 Å². The fourth-order valence-corrected chi connectivity index (χ4v) is 7.45. The van der Waals surface area contributed by atoms with Crippen LogP contribution in [0.2, 0.25) is 0 Å². The molecule has 2 heterocycles. The lowest BCUT2D eigenvalue weighted by Gasteiger charge is -2.13. The van der Waals surface area contributed by atoms with Crippen LogP contribution in [0.1, 0.15) is 0 Å². The highest BCUT2D eigenvalue weighted by Gasteiger charge is 2.25. The molecule has 3 nitrogen and oxygen atoms in total. The number of nitrogens with zero attached hydrogens (tertiary/aromatic N) is 3. The molecule has 1 aliphatic rings. The Hall–Kier alpha value is -5.93. The summed E-state index contributed by atoms with van der Waals surface area (Å²) in [6, 6.07) is 54.6. The molecule has 1 aliphatic carbocycles. The van der Waals surface area contributed by atoms with Crippen LogP contribution >= 0.6 is 0 Å². The average Bonchev–Trinajstić information content (AvgIpc) is 3.75. The largest absolute Gasteiger partial charge is 0.309 e. The van der Waals surface area contributed by atoms with Gasteiger partial charge in [-0.25, -0.2) is 4.98 Å². The molecule has 0 aliphatic heterocycles. The van der Waals surface area contributed by atoms with E-state index in [-0.39, 0.29) is 0 Å². The summed E-state index contributed by atoms with van der Waals surface area (Å²) in [7, 11) is 0. The van der Waals surface area contributed by atoms with Crippen molar-refractivity contribution in [1.82, 2.24) is 14.1 Å². The molecule has 10 rings (SSSR count). The smallest absolute Gasteiger partial charge is 0.145 e. The van der Waals surface area contributed by atoms with Crippen LogP contribution in [0.4, 0.5) is 0 Å². The van der Waals surface area contributed by atoms with E-state index in [9.17, 15) is 0 Å². The van der Waals surface area contributed by atoms with E-state index in [0.29, 0.717) is 0 Å². The van der Waals surface area contributed by atoms with Crippen molar-refractivity contribution in [3.8, 4) is 45.0 Å². The van der Waals surface area contributed by atoms with E-state index >= 15 is 0 Å². The van der Waals surface area contributed by atoms with E-state index in [0.717, 1.165) is 33.8 Å². The molecule has 0 fully saturated rings. The van der Waals surface area contributed by atoms with Crippen LogP contribution < -0.4 is 0 Å². The van der Waals surface area contributed by atoms with Crippen molar-refractivity contribution in [2.24, 2.45) is 0 Å². The summed E-state index contributed by atoms with van der Waals surface area (Å²) < 4.78 is 4.71. The van der Waals surface area contributed by atoms with Gasteiger partial charge in [0.25, 0.3) is 0 Å². The lowest BCUT2D eigenvalue weighted by Crippen LogP contribution is -1.99. The number of hydrogen-bond acceptors (Lipinski definition) is 1. The molecule has 2 aromatic heterocycles. The standard InChI is InChI=1S/C41H25N3/c1-2-13-27(14-3-1)44-37-23-9-7-21-35(37)42-41(44)26-12-10-15-28(24-26)43-36-22-8-6-18-32(36)40-33-20-11-19-31-29-16-4-5-17-30(29)34(39(31)33)25-38(40)43/h1-25H. The third-order valence-corrected chi connectivity index (χ3v) is 9.24. The fraction of sp³-hybridized carbons (Fsp3) is 0. The maximum atomic E-state index is 5.16. The molecular weight excluding hydrogens is 534 g/mol. The number of imidazole rings is 1.